The Labute approximate surface area is 162 Å². The number of fused-ring (bicyclic) bond motifs is 4. The second kappa shape index (κ2) is 5.52. The maximum Gasteiger partial charge on any atom is 0.345 e. The second-order valence-corrected chi connectivity index (χ2v) is 8.38. The van der Waals surface area contributed by atoms with Crippen LogP contribution in [-0.4, -0.2) is 9.38 Å². The van der Waals surface area contributed by atoms with Gasteiger partial charge in [-0.05, 0) is 46.3 Å². The molecule has 5 aromatic rings. The highest BCUT2D eigenvalue weighted by Gasteiger charge is 2.15. The van der Waals surface area contributed by atoms with E-state index in [9.17, 15) is 4.79 Å². The SMILES string of the molecule is O=c1oc2c(Br)cc(Br)cc2cc1-c1cn2c(n1)sc1ccccc12. The molecule has 0 N–H and O–H groups in total. The summed E-state index contributed by atoms with van der Waals surface area (Å²) in [6, 6.07) is 13.7. The van der Waals surface area contributed by atoms with Crippen LogP contribution in [0.25, 0.3) is 37.4 Å². The van der Waals surface area contributed by atoms with Gasteiger partial charge in [0.05, 0.1) is 25.9 Å². The number of imidazole rings is 1. The number of aromatic nitrogens is 2. The van der Waals surface area contributed by atoms with Crippen LogP contribution in [0.2, 0.25) is 0 Å². The van der Waals surface area contributed by atoms with Gasteiger partial charge in [0.15, 0.2) is 10.5 Å². The van der Waals surface area contributed by atoms with Crippen molar-refractivity contribution in [2.75, 3.05) is 0 Å². The molecule has 0 spiro atoms. The lowest BCUT2D eigenvalue weighted by molar-refractivity contribution is 0.561. The van der Waals surface area contributed by atoms with Gasteiger partial charge in [-0.2, -0.15) is 0 Å². The van der Waals surface area contributed by atoms with Crippen LogP contribution in [0.5, 0.6) is 0 Å². The van der Waals surface area contributed by atoms with E-state index >= 15 is 0 Å². The third-order valence-electron chi connectivity index (χ3n) is 4.03. The fourth-order valence-electron chi connectivity index (χ4n) is 2.91. The molecule has 7 heteroatoms. The maximum absolute atomic E-state index is 12.5. The van der Waals surface area contributed by atoms with Crippen molar-refractivity contribution in [3.05, 3.63) is 68.0 Å². The van der Waals surface area contributed by atoms with Crippen LogP contribution in [0.15, 0.2) is 66.8 Å². The van der Waals surface area contributed by atoms with E-state index < -0.39 is 5.63 Å². The molecule has 3 aromatic heterocycles. The number of nitrogens with zero attached hydrogens (tertiary/aromatic N) is 2. The summed E-state index contributed by atoms with van der Waals surface area (Å²) in [7, 11) is 0. The zero-order valence-electron chi connectivity index (χ0n) is 12.5. The number of rotatable bonds is 1. The lowest BCUT2D eigenvalue weighted by Crippen LogP contribution is -2.03. The predicted octanol–water partition coefficient (Wildman–Crippen LogP) is 5.85. The Kier molecular flexibility index (Phi) is 3.38. The summed E-state index contributed by atoms with van der Waals surface area (Å²) in [6.07, 6.45) is 1.89. The summed E-state index contributed by atoms with van der Waals surface area (Å²) < 4.78 is 10.3. The first-order valence-corrected chi connectivity index (χ1v) is 9.80. The van der Waals surface area contributed by atoms with Gasteiger partial charge in [-0.1, -0.05) is 39.4 Å². The quantitative estimate of drug-likeness (QED) is 0.286. The number of thiazole rings is 1. The molecule has 0 aliphatic rings. The monoisotopic (exact) mass is 474 g/mol. The average Bonchev–Trinajstić information content (AvgIpc) is 3.13. The van der Waals surface area contributed by atoms with Crippen molar-refractivity contribution in [3.63, 3.8) is 0 Å². The summed E-state index contributed by atoms with van der Waals surface area (Å²) in [5, 5.41) is 0.831. The summed E-state index contributed by atoms with van der Waals surface area (Å²) in [6.45, 7) is 0. The Balaban J connectivity index is 1.78. The Hall–Kier alpha value is -1.96. The topological polar surface area (TPSA) is 47.5 Å². The summed E-state index contributed by atoms with van der Waals surface area (Å²) in [4.78, 5) is 18.0. The third-order valence-corrected chi connectivity index (χ3v) is 6.11. The van der Waals surface area contributed by atoms with E-state index in [2.05, 4.69) is 42.9 Å². The number of hydrogen-bond acceptors (Lipinski definition) is 4. The second-order valence-electron chi connectivity index (χ2n) is 5.60. The summed E-state index contributed by atoms with van der Waals surface area (Å²) >= 11 is 8.49. The standard InChI is InChI=1S/C18H8Br2N2O2S/c19-10-5-9-6-11(17(23)24-16(9)12(20)7-10)13-8-22-14-3-1-2-4-15(14)25-18(22)21-13/h1-8H. The Morgan fingerprint density at radius 1 is 1.12 bits per heavy atom. The van der Waals surface area contributed by atoms with Crippen LogP contribution >= 0.6 is 43.2 Å². The molecule has 3 heterocycles. The molecule has 2 aromatic carbocycles. The molecule has 4 nitrogen and oxygen atoms in total. The minimum atomic E-state index is -0.398. The van der Waals surface area contributed by atoms with Crippen molar-refractivity contribution >= 4 is 69.3 Å². The molecule has 25 heavy (non-hydrogen) atoms. The Morgan fingerprint density at radius 2 is 1.96 bits per heavy atom. The molecule has 0 unspecified atom stereocenters. The number of hydrogen-bond donors (Lipinski definition) is 0. The van der Waals surface area contributed by atoms with Crippen molar-refractivity contribution < 1.29 is 4.42 Å². The highest BCUT2D eigenvalue weighted by Crippen LogP contribution is 2.32. The van der Waals surface area contributed by atoms with Crippen LogP contribution < -0.4 is 5.63 Å². The van der Waals surface area contributed by atoms with Gasteiger partial charge in [-0.15, -0.1) is 0 Å². The van der Waals surface area contributed by atoms with E-state index in [-0.39, 0.29) is 0 Å². The predicted molar refractivity (Wildman–Crippen MR) is 107 cm³/mol. The zero-order chi connectivity index (χ0) is 17.1. The van der Waals surface area contributed by atoms with Crippen LogP contribution in [0.3, 0.4) is 0 Å². The van der Waals surface area contributed by atoms with E-state index in [1.165, 1.54) is 0 Å². The van der Waals surface area contributed by atoms with Crippen molar-refractivity contribution in [1.82, 2.24) is 9.38 Å². The highest BCUT2D eigenvalue weighted by molar-refractivity contribution is 9.11. The molecule has 0 atom stereocenters. The van der Waals surface area contributed by atoms with Gasteiger partial charge in [0, 0.05) is 16.1 Å². The molecular formula is C18H8Br2N2O2S. The van der Waals surface area contributed by atoms with E-state index in [4.69, 9.17) is 4.42 Å². The minimum Gasteiger partial charge on any atom is -0.421 e. The van der Waals surface area contributed by atoms with Gasteiger partial charge in [-0.25, -0.2) is 9.78 Å². The third kappa shape index (κ3) is 2.38. The molecule has 0 saturated carbocycles. The van der Waals surface area contributed by atoms with E-state index in [1.807, 2.05) is 47.0 Å². The first-order chi connectivity index (χ1) is 12.1. The maximum atomic E-state index is 12.5. The molecule has 0 bridgehead atoms. The molecule has 5 rings (SSSR count). The van der Waals surface area contributed by atoms with E-state index in [0.717, 1.165) is 29.5 Å². The summed E-state index contributed by atoms with van der Waals surface area (Å²) in [5.74, 6) is 0. The van der Waals surface area contributed by atoms with Gasteiger partial charge >= 0.3 is 5.63 Å². The molecule has 0 fully saturated rings. The van der Waals surface area contributed by atoms with Crippen LogP contribution in [0.4, 0.5) is 0 Å². The highest BCUT2D eigenvalue weighted by atomic mass is 79.9. The van der Waals surface area contributed by atoms with Gasteiger partial charge in [-0.3, -0.25) is 4.40 Å². The van der Waals surface area contributed by atoms with Gasteiger partial charge in [0.2, 0.25) is 0 Å². The number of benzene rings is 2. The molecule has 122 valence electrons. The Bertz CT molecular complexity index is 1350. The molecule has 0 saturated heterocycles. The first kappa shape index (κ1) is 15.3. The van der Waals surface area contributed by atoms with Crippen molar-refractivity contribution in [3.8, 4) is 11.3 Å². The van der Waals surface area contributed by atoms with Gasteiger partial charge < -0.3 is 4.42 Å². The van der Waals surface area contributed by atoms with Crippen molar-refractivity contribution in [2.45, 2.75) is 0 Å². The largest absolute Gasteiger partial charge is 0.421 e. The van der Waals surface area contributed by atoms with Gasteiger partial charge in [0.25, 0.3) is 0 Å². The van der Waals surface area contributed by atoms with Crippen LogP contribution in [0, 0.1) is 0 Å². The lowest BCUT2D eigenvalue weighted by atomic mass is 10.1. The smallest absolute Gasteiger partial charge is 0.345 e. The van der Waals surface area contributed by atoms with Gasteiger partial charge in [0.1, 0.15) is 0 Å². The average molecular weight is 476 g/mol. The van der Waals surface area contributed by atoms with Crippen molar-refractivity contribution in [2.24, 2.45) is 0 Å². The fraction of sp³-hybridized carbons (Fsp3) is 0. The minimum absolute atomic E-state index is 0.398. The molecule has 0 aliphatic heterocycles. The Morgan fingerprint density at radius 3 is 2.84 bits per heavy atom. The zero-order valence-corrected chi connectivity index (χ0v) is 16.5. The fourth-order valence-corrected chi connectivity index (χ4v) is 5.26. The normalized spacial score (nSPS) is 11.8. The number of para-hydroxylation sites is 1. The van der Waals surface area contributed by atoms with Crippen LogP contribution in [0.1, 0.15) is 0 Å². The molecule has 0 aliphatic carbocycles. The van der Waals surface area contributed by atoms with Crippen molar-refractivity contribution in [1.29, 1.82) is 0 Å². The molecular weight excluding hydrogens is 468 g/mol. The molecule has 0 amide bonds. The summed E-state index contributed by atoms with van der Waals surface area (Å²) in [5.41, 5.74) is 2.28. The van der Waals surface area contributed by atoms with Crippen LogP contribution in [-0.2, 0) is 0 Å². The van der Waals surface area contributed by atoms with E-state index in [1.54, 1.807) is 11.3 Å². The lowest BCUT2D eigenvalue weighted by Gasteiger charge is -2.02. The number of halogens is 2. The van der Waals surface area contributed by atoms with E-state index in [0.29, 0.717) is 16.8 Å². The molecule has 0 radical (unpaired) electrons. The first-order valence-electron chi connectivity index (χ1n) is 7.40.